The summed E-state index contributed by atoms with van der Waals surface area (Å²) < 4.78 is 5.19. The summed E-state index contributed by atoms with van der Waals surface area (Å²) in [7, 11) is 1.59. The molecule has 2 aromatic carbocycles. The first kappa shape index (κ1) is 24.6. The summed E-state index contributed by atoms with van der Waals surface area (Å²) in [6, 6.07) is 12.5. The van der Waals surface area contributed by atoms with Gasteiger partial charge in [-0.05, 0) is 74.6 Å². The highest BCUT2D eigenvalue weighted by Gasteiger charge is 2.35. The average molecular weight is 480 g/mol. The minimum atomic E-state index is -0.926. The maximum absolute atomic E-state index is 13.4. The van der Waals surface area contributed by atoms with Gasteiger partial charge in [0.25, 0.3) is 5.91 Å². The Kier molecular flexibility index (Phi) is 7.90. The number of nitrogens with one attached hydrogen (secondary N) is 2. The number of methoxy groups -OCH3 is 1. The molecule has 186 valence electrons. The number of hydrogen-bond donors (Lipinski definition) is 3. The van der Waals surface area contributed by atoms with Crippen molar-refractivity contribution in [2.75, 3.05) is 35.7 Å². The molecule has 2 amide bonds. The van der Waals surface area contributed by atoms with Gasteiger partial charge in [0.05, 0.1) is 24.5 Å². The van der Waals surface area contributed by atoms with Gasteiger partial charge in [-0.25, -0.2) is 0 Å². The van der Waals surface area contributed by atoms with Crippen molar-refractivity contribution in [1.29, 1.82) is 0 Å². The fourth-order valence-corrected chi connectivity index (χ4v) is 5.05. The number of ether oxygens (including phenoxy) is 1. The summed E-state index contributed by atoms with van der Waals surface area (Å²) in [5, 5.41) is 15.4. The molecule has 0 unspecified atom stereocenters. The second-order valence-electron chi connectivity index (χ2n) is 9.29. The van der Waals surface area contributed by atoms with Crippen LogP contribution in [0.3, 0.4) is 0 Å². The molecule has 2 atom stereocenters. The van der Waals surface area contributed by atoms with Crippen molar-refractivity contribution in [3.05, 3.63) is 48.0 Å². The molecular weight excluding hydrogens is 446 g/mol. The third kappa shape index (κ3) is 5.93. The number of aliphatic carboxylic acids is 1. The van der Waals surface area contributed by atoms with Crippen molar-refractivity contribution in [1.82, 2.24) is 0 Å². The average Bonchev–Trinajstić information content (AvgIpc) is 2.89. The van der Waals surface area contributed by atoms with Gasteiger partial charge >= 0.3 is 5.97 Å². The van der Waals surface area contributed by atoms with Crippen molar-refractivity contribution in [3.63, 3.8) is 0 Å². The van der Waals surface area contributed by atoms with E-state index in [1.807, 2.05) is 6.07 Å². The number of piperidine rings is 1. The van der Waals surface area contributed by atoms with Crippen molar-refractivity contribution in [2.45, 2.75) is 44.9 Å². The van der Waals surface area contributed by atoms with Crippen LogP contribution in [0.25, 0.3) is 0 Å². The zero-order valence-electron chi connectivity index (χ0n) is 20.1. The van der Waals surface area contributed by atoms with E-state index in [1.54, 1.807) is 43.5 Å². The molecule has 8 heteroatoms. The first-order chi connectivity index (χ1) is 17.0. The predicted octanol–water partition coefficient (Wildman–Crippen LogP) is 4.77. The van der Waals surface area contributed by atoms with Crippen LogP contribution >= 0.6 is 0 Å². The van der Waals surface area contributed by atoms with Gasteiger partial charge in [0.1, 0.15) is 5.75 Å². The lowest BCUT2D eigenvalue weighted by molar-refractivity contribution is -0.147. The molecule has 0 radical (unpaired) electrons. The summed E-state index contributed by atoms with van der Waals surface area (Å²) in [6.07, 6.45) is 6.03. The number of carbonyl (C=O) groups is 3. The largest absolute Gasteiger partial charge is 0.497 e. The first-order valence-corrected chi connectivity index (χ1v) is 12.3. The van der Waals surface area contributed by atoms with E-state index in [2.05, 4.69) is 15.5 Å². The molecule has 1 aliphatic heterocycles. The molecule has 8 nitrogen and oxygen atoms in total. The second kappa shape index (κ2) is 11.3. The van der Waals surface area contributed by atoms with E-state index >= 15 is 0 Å². The maximum Gasteiger partial charge on any atom is 0.307 e. The normalized spacial score (nSPS) is 20.1. The van der Waals surface area contributed by atoms with Crippen LogP contribution in [-0.4, -0.2) is 43.1 Å². The van der Waals surface area contributed by atoms with Gasteiger partial charge < -0.3 is 25.4 Å². The molecule has 0 aromatic heterocycles. The van der Waals surface area contributed by atoms with E-state index < -0.39 is 17.8 Å². The molecule has 1 saturated heterocycles. The third-order valence-corrected chi connectivity index (χ3v) is 6.97. The minimum absolute atomic E-state index is 0.270. The van der Waals surface area contributed by atoms with Crippen molar-refractivity contribution in [3.8, 4) is 5.75 Å². The van der Waals surface area contributed by atoms with Gasteiger partial charge in [-0.15, -0.1) is 0 Å². The molecule has 35 heavy (non-hydrogen) atoms. The molecule has 0 bridgehead atoms. The Hall–Kier alpha value is -3.55. The number of carboxylic acid groups (broad SMARTS) is 1. The topological polar surface area (TPSA) is 108 Å². The zero-order valence-corrected chi connectivity index (χ0v) is 20.1. The van der Waals surface area contributed by atoms with Crippen molar-refractivity contribution < 1.29 is 24.2 Å². The second-order valence-corrected chi connectivity index (χ2v) is 9.29. The van der Waals surface area contributed by atoms with E-state index in [0.717, 1.165) is 44.5 Å². The molecule has 4 rings (SSSR count). The van der Waals surface area contributed by atoms with E-state index in [-0.39, 0.29) is 11.8 Å². The van der Waals surface area contributed by atoms with Gasteiger partial charge in [0.2, 0.25) is 5.91 Å². The smallest absolute Gasteiger partial charge is 0.307 e. The van der Waals surface area contributed by atoms with Crippen molar-refractivity contribution >= 4 is 34.8 Å². The molecule has 0 spiro atoms. The Morgan fingerprint density at radius 1 is 0.857 bits per heavy atom. The Morgan fingerprint density at radius 2 is 1.51 bits per heavy atom. The molecule has 1 heterocycles. The molecule has 2 aliphatic rings. The van der Waals surface area contributed by atoms with Crippen LogP contribution in [0, 0.1) is 11.8 Å². The van der Waals surface area contributed by atoms with Gasteiger partial charge in [-0.1, -0.05) is 12.8 Å². The maximum atomic E-state index is 13.4. The number of hydrogen-bond acceptors (Lipinski definition) is 5. The van der Waals surface area contributed by atoms with E-state index in [0.29, 0.717) is 35.5 Å². The highest BCUT2D eigenvalue weighted by Crippen LogP contribution is 2.33. The molecule has 2 aromatic rings. The number of amides is 2. The first-order valence-electron chi connectivity index (χ1n) is 12.3. The Morgan fingerprint density at radius 3 is 2.17 bits per heavy atom. The van der Waals surface area contributed by atoms with Crippen molar-refractivity contribution in [2.24, 2.45) is 11.8 Å². The number of nitrogens with zero attached hydrogens (tertiary/aromatic N) is 1. The lowest BCUT2D eigenvalue weighted by atomic mass is 9.78. The third-order valence-electron chi connectivity index (χ3n) is 6.97. The summed E-state index contributed by atoms with van der Waals surface area (Å²) in [6.45, 7) is 1.74. The van der Waals surface area contributed by atoms with Crippen LogP contribution in [0.4, 0.5) is 17.1 Å². The van der Waals surface area contributed by atoms with E-state index in [4.69, 9.17) is 4.74 Å². The Labute approximate surface area is 205 Å². The van der Waals surface area contributed by atoms with Crippen LogP contribution in [0.15, 0.2) is 42.5 Å². The molecular formula is C27H33N3O5. The lowest BCUT2D eigenvalue weighted by Gasteiger charge is -2.31. The highest BCUT2D eigenvalue weighted by molar-refractivity contribution is 6.09. The predicted molar refractivity (Wildman–Crippen MR) is 135 cm³/mol. The number of carboxylic acids is 1. The van der Waals surface area contributed by atoms with Crippen LogP contribution in [0.5, 0.6) is 5.75 Å². The standard InChI is InChI=1S/C27H33N3O5/c1-35-20-12-9-18(10-13-20)28-26(32)23-17-19(11-14-24(23)30-15-5-2-6-16-30)29-25(31)21-7-3-4-8-22(21)27(33)34/h9-14,17,21-22H,2-8,15-16H2,1H3,(H,28,32)(H,29,31)(H,33,34)/t21-,22+/m0/s1. The fraction of sp³-hybridized carbons (Fsp3) is 0.444. The molecule has 2 fully saturated rings. The van der Waals surface area contributed by atoms with Gasteiger partial charge in [-0.3, -0.25) is 14.4 Å². The Balaban J connectivity index is 1.58. The minimum Gasteiger partial charge on any atom is -0.497 e. The zero-order chi connectivity index (χ0) is 24.8. The van der Waals surface area contributed by atoms with Crippen LogP contribution in [-0.2, 0) is 9.59 Å². The van der Waals surface area contributed by atoms with E-state index in [1.165, 1.54) is 6.42 Å². The Bertz CT molecular complexity index is 1060. The van der Waals surface area contributed by atoms with Gasteiger partial charge in [0.15, 0.2) is 0 Å². The number of benzene rings is 2. The molecule has 1 aliphatic carbocycles. The van der Waals surface area contributed by atoms with E-state index in [9.17, 15) is 19.5 Å². The summed E-state index contributed by atoms with van der Waals surface area (Å²) in [4.78, 5) is 40.2. The quantitative estimate of drug-likeness (QED) is 0.528. The van der Waals surface area contributed by atoms with Crippen LogP contribution in [0.1, 0.15) is 55.3 Å². The molecule has 1 saturated carbocycles. The highest BCUT2D eigenvalue weighted by atomic mass is 16.5. The monoisotopic (exact) mass is 479 g/mol. The number of rotatable bonds is 7. The SMILES string of the molecule is COc1ccc(NC(=O)c2cc(NC(=O)[C@H]3CCCC[C@H]3C(=O)O)ccc2N2CCCCC2)cc1. The summed E-state index contributed by atoms with van der Waals surface area (Å²) >= 11 is 0. The van der Waals surface area contributed by atoms with Gasteiger partial charge in [0, 0.05) is 30.2 Å². The van der Waals surface area contributed by atoms with Crippen LogP contribution < -0.4 is 20.3 Å². The molecule has 3 N–H and O–H groups in total. The summed E-state index contributed by atoms with van der Waals surface area (Å²) in [5.41, 5.74) is 2.43. The number of carbonyl (C=O) groups excluding carboxylic acids is 2. The lowest BCUT2D eigenvalue weighted by Crippen LogP contribution is -2.36. The fourth-order valence-electron chi connectivity index (χ4n) is 5.05. The van der Waals surface area contributed by atoms with Gasteiger partial charge in [-0.2, -0.15) is 0 Å². The number of anilines is 3. The van der Waals surface area contributed by atoms with Crippen LogP contribution in [0.2, 0.25) is 0 Å². The summed E-state index contributed by atoms with van der Waals surface area (Å²) in [5.74, 6) is -2.04.